The van der Waals surface area contributed by atoms with E-state index >= 15 is 0 Å². The van der Waals surface area contributed by atoms with Gasteiger partial charge in [-0.15, -0.1) is 0 Å². The van der Waals surface area contributed by atoms with Gasteiger partial charge in [0.1, 0.15) is 4.60 Å². The molecule has 0 saturated heterocycles. The molecule has 1 aliphatic carbocycles. The van der Waals surface area contributed by atoms with Crippen LogP contribution in [0.4, 0.5) is 0 Å². The van der Waals surface area contributed by atoms with Crippen molar-refractivity contribution in [3.05, 3.63) is 28.5 Å². The first-order valence-corrected chi connectivity index (χ1v) is 7.02. The molecule has 3 nitrogen and oxygen atoms in total. The molecule has 0 spiro atoms. The van der Waals surface area contributed by atoms with Gasteiger partial charge >= 0.3 is 0 Å². The summed E-state index contributed by atoms with van der Waals surface area (Å²) in [7, 11) is 0. The fourth-order valence-corrected chi connectivity index (χ4v) is 2.94. The summed E-state index contributed by atoms with van der Waals surface area (Å²) in [5, 5.41) is 12.7. The molecule has 2 rings (SSSR count). The molecule has 4 heteroatoms. The van der Waals surface area contributed by atoms with Crippen LogP contribution in [0.1, 0.15) is 25.0 Å². The van der Waals surface area contributed by atoms with Crippen molar-refractivity contribution in [2.24, 2.45) is 11.8 Å². The van der Waals surface area contributed by atoms with Gasteiger partial charge in [0.25, 0.3) is 0 Å². The van der Waals surface area contributed by atoms with Crippen LogP contribution in [0.3, 0.4) is 0 Å². The van der Waals surface area contributed by atoms with Crippen LogP contribution < -0.4 is 5.32 Å². The molecule has 1 fully saturated rings. The maximum Gasteiger partial charge on any atom is 0.106 e. The van der Waals surface area contributed by atoms with Crippen molar-refractivity contribution in [3.63, 3.8) is 0 Å². The summed E-state index contributed by atoms with van der Waals surface area (Å²) in [6.07, 6.45) is 3.68. The smallest absolute Gasteiger partial charge is 0.106 e. The molecule has 1 saturated carbocycles. The van der Waals surface area contributed by atoms with Crippen molar-refractivity contribution in [2.75, 3.05) is 13.2 Å². The predicted molar refractivity (Wildman–Crippen MR) is 71.6 cm³/mol. The lowest BCUT2D eigenvalue weighted by molar-refractivity contribution is 0.192. The molecule has 2 unspecified atom stereocenters. The second-order valence-electron chi connectivity index (χ2n) is 4.72. The highest BCUT2D eigenvalue weighted by molar-refractivity contribution is 9.10. The topological polar surface area (TPSA) is 45.1 Å². The van der Waals surface area contributed by atoms with Gasteiger partial charge in [0.15, 0.2) is 0 Å². The van der Waals surface area contributed by atoms with Crippen LogP contribution in [-0.4, -0.2) is 23.2 Å². The third-order valence-electron chi connectivity index (χ3n) is 3.54. The van der Waals surface area contributed by atoms with E-state index in [-0.39, 0.29) is 0 Å². The van der Waals surface area contributed by atoms with Crippen molar-refractivity contribution in [2.45, 2.75) is 25.8 Å². The summed E-state index contributed by atoms with van der Waals surface area (Å²) in [4.78, 5) is 4.38. The highest BCUT2D eigenvalue weighted by Crippen LogP contribution is 2.30. The lowest BCUT2D eigenvalue weighted by atomic mass is 9.97. The number of pyridine rings is 1. The van der Waals surface area contributed by atoms with Crippen LogP contribution in [0, 0.1) is 11.8 Å². The molecular weight excluding hydrogens is 280 g/mol. The molecular formula is C13H19BrN2O. The zero-order chi connectivity index (χ0) is 12.1. The van der Waals surface area contributed by atoms with E-state index in [4.69, 9.17) is 0 Å². The van der Waals surface area contributed by atoms with Crippen LogP contribution in [0.5, 0.6) is 0 Å². The Bertz CT molecular complexity index is 359. The van der Waals surface area contributed by atoms with E-state index in [0.717, 1.165) is 23.4 Å². The summed E-state index contributed by atoms with van der Waals surface area (Å²) < 4.78 is 0.880. The largest absolute Gasteiger partial charge is 0.396 e. The molecule has 1 aliphatic rings. The van der Waals surface area contributed by atoms with Gasteiger partial charge in [0.05, 0.1) is 5.69 Å². The maximum absolute atomic E-state index is 9.24. The summed E-state index contributed by atoms with van der Waals surface area (Å²) in [6, 6.07) is 5.96. The standard InChI is InChI=1S/C13H19BrN2O/c14-13-6-2-5-12(16-13)8-15-7-10-3-1-4-11(10)9-17/h2,5-6,10-11,15,17H,1,3-4,7-9H2. The number of aliphatic hydroxyl groups excluding tert-OH is 1. The summed E-state index contributed by atoms with van der Waals surface area (Å²) in [5.74, 6) is 1.13. The quantitative estimate of drug-likeness (QED) is 0.820. The summed E-state index contributed by atoms with van der Waals surface area (Å²) >= 11 is 3.37. The van der Waals surface area contributed by atoms with E-state index in [0.29, 0.717) is 18.4 Å². The van der Waals surface area contributed by atoms with Gasteiger partial charge in [-0.3, -0.25) is 0 Å². The molecule has 0 radical (unpaired) electrons. The Kier molecular flexibility index (Phi) is 4.95. The normalized spacial score (nSPS) is 24.1. The number of aromatic nitrogens is 1. The molecule has 1 aromatic heterocycles. The Labute approximate surface area is 111 Å². The molecule has 2 atom stereocenters. The van der Waals surface area contributed by atoms with E-state index < -0.39 is 0 Å². The minimum atomic E-state index is 0.335. The Balaban J connectivity index is 1.76. The van der Waals surface area contributed by atoms with Crippen LogP contribution in [0.2, 0.25) is 0 Å². The summed E-state index contributed by atoms with van der Waals surface area (Å²) in [6.45, 7) is 2.12. The first kappa shape index (κ1) is 13.0. The lowest BCUT2D eigenvalue weighted by Crippen LogP contribution is -2.26. The fraction of sp³-hybridized carbons (Fsp3) is 0.615. The minimum absolute atomic E-state index is 0.335. The SMILES string of the molecule is OCC1CCCC1CNCc1cccc(Br)n1. The van der Waals surface area contributed by atoms with Gasteiger partial charge in [0.2, 0.25) is 0 Å². The number of hydrogen-bond donors (Lipinski definition) is 2. The van der Waals surface area contributed by atoms with Gasteiger partial charge in [-0.1, -0.05) is 12.5 Å². The van der Waals surface area contributed by atoms with E-state index in [9.17, 15) is 5.11 Å². The third kappa shape index (κ3) is 3.76. The molecule has 0 amide bonds. The lowest BCUT2D eigenvalue weighted by Gasteiger charge is -2.17. The Morgan fingerprint density at radius 1 is 1.35 bits per heavy atom. The van der Waals surface area contributed by atoms with Crippen molar-refractivity contribution in [1.82, 2.24) is 10.3 Å². The Morgan fingerprint density at radius 3 is 2.94 bits per heavy atom. The maximum atomic E-state index is 9.24. The molecule has 2 N–H and O–H groups in total. The van der Waals surface area contributed by atoms with E-state index in [1.165, 1.54) is 19.3 Å². The highest BCUT2D eigenvalue weighted by Gasteiger charge is 2.25. The fourth-order valence-electron chi connectivity index (χ4n) is 2.56. The van der Waals surface area contributed by atoms with Crippen molar-refractivity contribution >= 4 is 15.9 Å². The second-order valence-corrected chi connectivity index (χ2v) is 5.53. The van der Waals surface area contributed by atoms with Crippen molar-refractivity contribution < 1.29 is 5.11 Å². The number of halogens is 1. The number of rotatable bonds is 5. The second kappa shape index (κ2) is 6.47. The molecule has 94 valence electrons. The average Bonchev–Trinajstić information content (AvgIpc) is 2.77. The van der Waals surface area contributed by atoms with E-state index in [2.05, 4.69) is 26.2 Å². The molecule has 1 aromatic rings. The zero-order valence-corrected chi connectivity index (χ0v) is 11.5. The third-order valence-corrected chi connectivity index (χ3v) is 3.98. The first-order chi connectivity index (χ1) is 8.29. The monoisotopic (exact) mass is 298 g/mol. The highest BCUT2D eigenvalue weighted by atomic mass is 79.9. The summed E-state index contributed by atoms with van der Waals surface area (Å²) in [5.41, 5.74) is 1.05. The number of hydrogen-bond acceptors (Lipinski definition) is 3. The molecule has 1 heterocycles. The van der Waals surface area contributed by atoms with Crippen molar-refractivity contribution in [3.8, 4) is 0 Å². The molecule has 0 aromatic carbocycles. The van der Waals surface area contributed by atoms with Crippen LogP contribution in [0.15, 0.2) is 22.8 Å². The van der Waals surface area contributed by atoms with Crippen molar-refractivity contribution in [1.29, 1.82) is 0 Å². The van der Waals surface area contributed by atoms with Gasteiger partial charge in [0, 0.05) is 13.2 Å². The average molecular weight is 299 g/mol. The molecule has 0 bridgehead atoms. The number of aliphatic hydroxyl groups is 1. The Morgan fingerprint density at radius 2 is 2.18 bits per heavy atom. The van der Waals surface area contributed by atoms with Gasteiger partial charge in [-0.25, -0.2) is 4.98 Å². The van der Waals surface area contributed by atoms with Crippen LogP contribution >= 0.6 is 15.9 Å². The zero-order valence-electron chi connectivity index (χ0n) is 9.90. The molecule has 17 heavy (non-hydrogen) atoms. The minimum Gasteiger partial charge on any atom is -0.396 e. The number of nitrogens with zero attached hydrogens (tertiary/aromatic N) is 1. The first-order valence-electron chi connectivity index (χ1n) is 6.22. The van der Waals surface area contributed by atoms with Gasteiger partial charge in [-0.05, 0) is 59.3 Å². The Hall–Kier alpha value is -0.450. The van der Waals surface area contributed by atoms with Gasteiger partial charge < -0.3 is 10.4 Å². The van der Waals surface area contributed by atoms with E-state index in [1.807, 2.05) is 18.2 Å². The van der Waals surface area contributed by atoms with Gasteiger partial charge in [-0.2, -0.15) is 0 Å². The predicted octanol–water partition coefficient (Wildman–Crippen LogP) is 2.34. The molecule has 0 aliphatic heterocycles. The van der Waals surface area contributed by atoms with Crippen LogP contribution in [-0.2, 0) is 6.54 Å². The number of nitrogens with one attached hydrogen (secondary N) is 1. The van der Waals surface area contributed by atoms with E-state index in [1.54, 1.807) is 0 Å². The van der Waals surface area contributed by atoms with Crippen LogP contribution in [0.25, 0.3) is 0 Å².